The van der Waals surface area contributed by atoms with Crippen molar-refractivity contribution in [3.05, 3.63) is 138 Å². The lowest BCUT2D eigenvalue weighted by Gasteiger charge is -2.28. The molecule has 7 aromatic carbocycles. The van der Waals surface area contributed by atoms with Crippen molar-refractivity contribution in [3.63, 3.8) is 0 Å². The molecule has 0 aliphatic carbocycles. The number of anilines is 5. The number of benzene rings is 7. The van der Waals surface area contributed by atoms with E-state index in [9.17, 15) is 10.5 Å². The van der Waals surface area contributed by atoms with Crippen molar-refractivity contribution < 1.29 is 8.78 Å². The smallest absolute Gasteiger partial charge is 0.143 e. The standard InChI is InChI=1S/C38H22F2N4/c39-32-19-28(11-5-26(32)21-41)44(29-12-6-27(22-42)33(40)20-29)36-16-10-25-7-13-30-35(43-18-17-23-3-1-2-4-34(23)43)15-9-24-8-14-31(36)38(25)37(24)30/h1-16,19-20H,17-18H2. The quantitative estimate of drug-likeness (QED) is 0.197. The fourth-order valence-corrected chi connectivity index (χ4v) is 6.68. The normalized spacial score (nSPS) is 12.5. The van der Waals surface area contributed by atoms with Crippen LogP contribution in [0.25, 0.3) is 32.3 Å². The van der Waals surface area contributed by atoms with Gasteiger partial charge in [-0.25, -0.2) is 8.78 Å². The van der Waals surface area contributed by atoms with Crippen molar-refractivity contribution >= 4 is 60.8 Å². The zero-order valence-corrected chi connectivity index (χ0v) is 23.4. The number of nitriles is 2. The van der Waals surface area contributed by atoms with Gasteiger partial charge in [-0.15, -0.1) is 0 Å². The van der Waals surface area contributed by atoms with Gasteiger partial charge in [-0.3, -0.25) is 0 Å². The Kier molecular flexibility index (Phi) is 5.72. The molecule has 0 bridgehead atoms. The fraction of sp³-hybridized carbons (Fsp3) is 0.0526. The lowest BCUT2D eigenvalue weighted by molar-refractivity contribution is 0.623. The summed E-state index contributed by atoms with van der Waals surface area (Å²) < 4.78 is 30.0. The van der Waals surface area contributed by atoms with Crippen molar-refractivity contribution in [3.8, 4) is 12.1 Å². The predicted molar refractivity (Wildman–Crippen MR) is 171 cm³/mol. The van der Waals surface area contributed by atoms with E-state index in [-0.39, 0.29) is 11.1 Å². The van der Waals surface area contributed by atoms with Gasteiger partial charge in [-0.1, -0.05) is 54.6 Å². The van der Waals surface area contributed by atoms with Gasteiger partial charge in [0.1, 0.15) is 23.8 Å². The molecule has 0 unspecified atom stereocenters. The monoisotopic (exact) mass is 572 g/mol. The van der Waals surface area contributed by atoms with Crippen LogP contribution in [-0.4, -0.2) is 6.54 Å². The van der Waals surface area contributed by atoms with E-state index in [2.05, 4.69) is 65.6 Å². The van der Waals surface area contributed by atoms with E-state index in [1.54, 1.807) is 17.0 Å². The van der Waals surface area contributed by atoms with Gasteiger partial charge in [0.15, 0.2) is 0 Å². The Hall–Kier alpha value is -5.98. The maximum absolute atomic E-state index is 15.0. The summed E-state index contributed by atoms with van der Waals surface area (Å²) in [6.45, 7) is 0.900. The molecule has 1 aliphatic rings. The molecule has 0 fully saturated rings. The van der Waals surface area contributed by atoms with Gasteiger partial charge in [0.25, 0.3) is 0 Å². The van der Waals surface area contributed by atoms with E-state index in [1.807, 2.05) is 24.3 Å². The van der Waals surface area contributed by atoms with Crippen LogP contribution >= 0.6 is 0 Å². The average Bonchev–Trinajstić information content (AvgIpc) is 3.48. The zero-order valence-electron chi connectivity index (χ0n) is 23.4. The molecule has 208 valence electrons. The van der Waals surface area contributed by atoms with Crippen LogP contribution in [0.4, 0.5) is 37.2 Å². The Bertz CT molecular complexity index is 2300. The number of nitrogens with zero attached hydrogens (tertiary/aromatic N) is 4. The van der Waals surface area contributed by atoms with E-state index in [1.165, 1.54) is 35.5 Å². The minimum atomic E-state index is -0.669. The lowest BCUT2D eigenvalue weighted by Crippen LogP contribution is -2.14. The number of halogens is 2. The van der Waals surface area contributed by atoms with Crippen LogP contribution in [0.3, 0.4) is 0 Å². The predicted octanol–water partition coefficient (Wildman–Crippen LogP) is 9.77. The van der Waals surface area contributed by atoms with Gasteiger partial charge in [-0.2, -0.15) is 10.5 Å². The topological polar surface area (TPSA) is 54.1 Å². The summed E-state index contributed by atoms with van der Waals surface area (Å²) >= 11 is 0. The van der Waals surface area contributed by atoms with E-state index in [0.717, 1.165) is 56.7 Å². The average molecular weight is 573 g/mol. The molecule has 6 heteroatoms. The first-order valence-electron chi connectivity index (χ1n) is 14.3. The first-order valence-corrected chi connectivity index (χ1v) is 14.3. The van der Waals surface area contributed by atoms with Crippen LogP contribution < -0.4 is 9.80 Å². The number of fused-ring (bicyclic) bond motifs is 1. The van der Waals surface area contributed by atoms with Crippen LogP contribution in [0.2, 0.25) is 0 Å². The van der Waals surface area contributed by atoms with Crippen LogP contribution in [-0.2, 0) is 6.42 Å². The maximum atomic E-state index is 15.0. The van der Waals surface area contributed by atoms with E-state index in [0.29, 0.717) is 11.4 Å². The molecule has 0 amide bonds. The highest BCUT2D eigenvalue weighted by molar-refractivity contribution is 6.28. The number of hydrogen-bond acceptors (Lipinski definition) is 4. The molecular formula is C38H22F2N4. The minimum Gasteiger partial charge on any atom is -0.340 e. The van der Waals surface area contributed by atoms with Crippen molar-refractivity contribution in [1.29, 1.82) is 10.5 Å². The van der Waals surface area contributed by atoms with E-state index < -0.39 is 11.6 Å². The van der Waals surface area contributed by atoms with Crippen LogP contribution in [0.5, 0.6) is 0 Å². The summed E-state index contributed by atoms with van der Waals surface area (Å²) in [5.74, 6) is -1.34. The van der Waals surface area contributed by atoms with Crippen molar-refractivity contribution in [2.24, 2.45) is 0 Å². The molecule has 0 N–H and O–H groups in total. The number of hydrogen-bond donors (Lipinski definition) is 0. The number of rotatable bonds is 4. The molecule has 1 heterocycles. The highest BCUT2D eigenvalue weighted by Crippen LogP contribution is 2.47. The Labute approximate surface area is 252 Å². The van der Waals surface area contributed by atoms with E-state index >= 15 is 8.78 Å². The highest BCUT2D eigenvalue weighted by atomic mass is 19.1. The molecule has 4 nitrogen and oxygen atoms in total. The molecule has 0 spiro atoms. The van der Waals surface area contributed by atoms with Gasteiger partial charge in [0.05, 0.1) is 16.8 Å². The largest absolute Gasteiger partial charge is 0.340 e. The molecule has 1 aliphatic heterocycles. The Balaban J connectivity index is 1.39. The molecule has 8 rings (SSSR count). The summed E-state index contributed by atoms with van der Waals surface area (Å²) in [4.78, 5) is 4.16. The molecule has 44 heavy (non-hydrogen) atoms. The first kappa shape index (κ1) is 25.7. The molecule has 0 saturated carbocycles. The van der Waals surface area contributed by atoms with E-state index in [4.69, 9.17) is 0 Å². The van der Waals surface area contributed by atoms with Gasteiger partial charge in [0, 0.05) is 40.1 Å². The van der Waals surface area contributed by atoms with Crippen molar-refractivity contribution in [2.75, 3.05) is 16.3 Å². The second-order valence-corrected chi connectivity index (χ2v) is 11.0. The summed E-state index contributed by atoms with van der Waals surface area (Å²) in [7, 11) is 0. The summed E-state index contributed by atoms with van der Waals surface area (Å²) in [5, 5.41) is 25.1. The van der Waals surface area contributed by atoms with Gasteiger partial charge >= 0.3 is 0 Å². The van der Waals surface area contributed by atoms with Crippen LogP contribution in [0.15, 0.2) is 109 Å². The minimum absolute atomic E-state index is 0.0777. The summed E-state index contributed by atoms with van der Waals surface area (Å²) in [6.07, 6.45) is 0.986. The molecule has 0 radical (unpaired) electrons. The SMILES string of the molecule is N#Cc1ccc(N(c2ccc(C#N)c(F)c2)c2ccc3ccc4c(N5CCc6ccccc65)ccc5ccc2c3c54)cc1F. The second kappa shape index (κ2) is 9.80. The molecule has 0 saturated heterocycles. The third-order valence-corrected chi connectivity index (χ3v) is 8.70. The van der Waals surface area contributed by atoms with Gasteiger partial charge in [0.2, 0.25) is 0 Å². The zero-order chi connectivity index (χ0) is 29.9. The molecule has 0 atom stereocenters. The van der Waals surface area contributed by atoms with Crippen LogP contribution in [0, 0.1) is 34.3 Å². The fourth-order valence-electron chi connectivity index (χ4n) is 6.68. The Morgan fingerprint density at radius 1 is 0.614 bits per heavy atom. The van der Waals surface area contributed by atoms with Gasteiger partial charge in [-0.05, 0) is 88.1 Å². The van der Waals surface area contributed by atoms with Crippen LogP contribution in [0.1, 0.15) is 16.7 Å². The van der Waals surface area contributed by atoms with Crippen molar-refractivity contribution in [2.45, 2.75) is 6.42 Å². The summed E-state index contributed by atoms with van der Waals surface area (Å²) in [6, 6.07) is 37.8. The Morgan fingerprint density at radius 2 is 1.20 bits per heavy atom. The lowest BCUT2D eigenvalue weighted by atomic mass is 9.92. The summed E-state index contributed by atoms with van der Waals surface area (Å²) in [5.41, 5.74) is 5.11. The molecule has 7 aromatic rings. The molecular weight excluding hydrogens is 550 g/mol. The molecule has 0 aromatic heterocycles. The number of para-hydroxylation sites is 1. The van der Waals surface area contributed by atoms with Crippen molar-refractivity contribution in [1.82, 2.24) is 0 Å². The maximum Gasteiger partial charge on any atom is 0.143 e. The first-order chi connectivity index (χ1) is 21.6. The highest BCUT2D eigenvalue weighted by Gasteiger charge is 2.24. The Morgan fingerprint density at radius 3 is 1.86 bits per heavy atom. The van der Waals surface area contributed by atoms with Gasteiger partial charge < -0.3 is 9.80 Å². The third kappa shape index (κ3) is 3.79. The second-order valence-electron chi connectivity index (χ2n) is 11.0. The third-order valence-electron chi connectivity index (χ3n) is 8.70.